The molecule has 0 aromatic carbocycles. The third-order valence-corrected chi connectivity index (χ3v) is 16.1. The molecule has 1 unspecified atom stereocenters. The van der Waals surface area contributed by atoms with Crippen molar-refractivity contribution in [3.63, 3.8) is 0 Å². The molecule has 0 aromatic heterocycles. The SMILES string of the molecule is CCCCCCCCCCCCCCCC(=O)OC[C@H](CSCC(NC(=O)CCCCCCCCCCCCC)C(=O)N[C@H](CCC(=O)O)C(=O)NCC(=O)N[C@@H](CCC(=O)O)C(=O)O)OC(=O)CCCCCCCCCCCCCCC. The molecule has 0 fully saturated rings. The summed E-state index contributed by atoms with van der Waals surface area (Å²) < 4.78 is 11.6. The fourth-order valence-electron chi connectivity index (χ4n) is 9.78. The maximum Gasteiger partial charge on any atom is 0.326 e. The lowest BCUT2D eigenvalue weighted by molar-refractivity contribution is -0.157. The number of rotatable bonds is 61. The number of nitrogens with one attached hydrogen (secondary N) is 4. The summed E-state index contributed by atoms with van der Waals surface area (Å²) in [7, 11) is 0. The predicted octanol–water partition coefficient (Wildman–Crippen LogP) is 13.2. The van der Waals surface area contributed by atoms with Gasteiger partial charge in [0.15, 0.2) is 0 Å². The fourth-order valence-corrected chi connectivity index (χ4v) is 10.8. The molecule has 18 nitrogen and oxygen atoms in total. The zero-order valence-electron chi connectivity index (χ0n) is 52.0. The van der Waals surface area contributed by atoms with Gasteiger partial charge in [-0.25, -0.2) is 4.79 Å². The number of hydrogen-bond donors (Lipinski definition) is 7. The van der Waals surface area contributed by atoms with Crippen molar-refractivity contribution < 1.29 is 67.9 Å². The highest BCUT2D eigenvalue weighted by molar-refractivity contribution is 7.99. The second-order valence-corrected chi connectivity index (χ2v) is 23.9. The summed E-state index contributed by atoms with van der Waals surface area (Å²) in [4.78, 5) is 114. The van der Waals surface area contributed by atoms with Gasteiger partial charge in [-0.1, -0.05) is 239 Å². The molecular formula is C64H116N4O14S. The van der Waals surface area contributed by atoms with Gasteiger partial charge >= 0.3 is 29.8 Å². The number of thioether (sulfide) groups is 1. The van der Waals surface area contributed by atoms with E-state index in [2.05, 4.69) is 42.0 Å². The number of amides is 4. The van der Waals surface area contributed by atoms with Crippen molar-refractivity contribution in [1.29, 1.82) is 0 Å². The fraction of sp³-hybridized carbons (Fsp3) is 0.859. The maximum atomic E-state index is 14.1. The van der Waals surface area contributed by atoms with Crippen molar-refractivity contribution in [1.82, 2.24) is 21.3 Å². The number of ether oxygens (including phenoxy) is 2. The lowest BCUT2D eigenvalue weighted by Crippen LogP contribution is -2.55. The van der Waals surface area contributed by atoms with Crippen molar-refractivity contribution >= 4 is 65.2 Å². The van der Waals surface area contributed by atoms with E-state index in [4.69, 9.17) is 14.6 Å². The van der Waals surface area contributed by atoms with Crippen LogP contribution in [-0.4, -0.2) is 118 Å². The highest BCUT2D eigenvalue weighted by atomic mass is 32.2. The Labute approximate surface area is 504 Å². The summed E-state index contributed by atoms with van der Waals surface area (Å²) in [5, 5.41) is 37.7. The van der Waals surface area contributed by atoms with Gasteiger partial charge < -0.3 is 46.1 Å². The van der Waals surface area contributed by atoms with Crippen LogP contribution in [0.3, 0.4) is 0 Å². The Hall–Kier alpha value is -4.42. The van der Waals surface area contributed by atoms with E-state index < -0.39 is 110 Å². The topological polar surface area (TPSA) is 281 Å². The van der Waals surface area contributed by atoms with E-state index in [1.54, 1.807) is 0 Å². The summed E-state index contributed by atoms with van der Waals surface area (Å²) >= 11 is 1.17. The Morgan fingerprint density at radius 2 is 0.735 bits per heavy atom. The van der Waals surface area contributed by atoms with Crippen LogP contribution < -0.4 is 21.3 Å². The molecule has 4 amide bonds. The van der Waals surface area contributed by atoms with Gasteiger partial charge in [0.1, 0.15) is 30.8 Å². The molecule has 0 radical (unpaired) electrons. The quantitative estimate of drug-likeness (QED) is 0.0220. The summed E-state index contributed by atoms with van der Waals surface area (Å²) in [6, 6.07) is -4.31. The normalized spacial score (nSPS) is 12.6. The van der Waals surface area contributed by atoms with Crippen LogP contribution in [0.25, 0.3) is 0 Å². The van der Waals surface area contributed by atoms with Gasteiger partial charge in [0.2, 0.25) is 23.6 Å². The van der Waals surface area contributed by atoms with Crippen LogP contribution in [0.1, 0.15) is 303 Å². The predicted molar refractivity (Wildman–Crippen MR) is 330 cm³/mol. The molecule has 482 valence electrons. The Bertz CT molecular complexity index is 1720. The van der Waals surface area contributed by atoms with Crippen molar-refractivity contribution in [2.45, 2.75) is 328 Å². The molecule has 0 saturated carbocycles. The molecule has 7 N–H and O–H groups in total. The van der Waals surface area contributed by atoms with Gasteiger partial charge in [0.05, 0.1) is 6.54 Å². The van der Waals surface area contributed by atoms with E-state index in [-0.39, 0.29) is 37.4 Å². The molecule has 19 heteroatoms. The molecule has 0 aromatic rings. The lowest BCUT2D eigenvalue weighted by atomic mass is 10.0. The van der Waals surface area contributed by atoms with Crippen LogP contribution in [0.5, 0.6) is 0 Å². The number of esters is 2. The van der Waals surface area contributed by atoms with Gasteiger partial charge in [-0.3, -0.25) is 38.4 Å². The number of carbonyl (C=O) groups is 9. The second kappa shape index (κ2) is 56.7. The van der Waals surface area contributed by atoms with Crippen molar-refractivity contribution in [3.8, 4) is 0 Å². The van der Waals surface area contributed by atoms with Gasteiger partial charge in [-0.05, 0) is 32.1 Å². The highest BCUT2D eigenvalue weighted by Gasteiger charge is 2.29. The monoisotopic (exact) mass is 1200 g/mol. The van der Waals surface area contributed by atoms with E-state index >= 15 is 0 Å². The van der Waals surface area contributed by atoms with Gasteiger partial charge in [0.25, 0.3) is 0 Å². The summed E-state index contributed by atoms with van der Waals surface area (Å²) in [6.45, 7) is 5.69. The third kappa shape index (κ3) is 51.7. The zero-order valence-corrected chi connectivity index (χ0v) is 52.8. The minimum absolute atomic E-state index is 0.0712. The first-order valence-corrected chi connectivity index (χ1v) is 34.0. The number of aliphatic carboxylic acids is 3. The molecule has 0 bridgehead atoms. The van der Waals surface area contributed by atoms with E-state index in [9.17, 15) is 53.4 Å². The van der Waals surface area contributed by atoms with Gasteiger partial charge in [-0.15, -0.1) is 0 Å². The molecule has 0 heterocycles. The second-order valence-electron chi connectivity index (χ2n) is 22.8. The summed E-state index contributed by atoms with van der Waals surface area (Å²) in [6.07, 6.45) is 40.0. The Kier molecular flexibility index (Phi) is 53.7. The number of carboxylic acids is 3. The van der Waals surface area contributed by atoms with Crippen LogP contribution in [0.2, 0.25) is 0 Å². The highest BCUT2D eigenvalue weighted by Crippen LogP contribution is 2.18. The minimum Gasteiger partial charge on any atom is -0.481 e. The number of carboxylic acid groups (broad SMARTS) is 3. The summed E-state index contributed by atoms with van der Waals surface area (Å²) in [5.41, 5.74) is 0. The molecule has 4 atom stereocenters. The average molecular weight is 1200 g/mol. The van der Waals surface area contributed by atoms with E-state index in [1.165, 1.54) is 166 Å². The molecule has 0 aliphatic rings. The standard InChI is InChI=1S/C64H116N4O14S/c1-4-7-10-13-16-19-22-24-27-30-33-36-39-42-60(75)81-49-52(82-61(76)43-40-37-34-31-28-25-23-20-17-14-11-8-5-2)50-83-51-55(67-56(69)41-38-35-32-29-26-21-18-15-12-9-6-3)63(78)68-53(44-46-58(71)72)62(77)65-48-57(70)66-54(64(79)80)45-47-59(73)74/h52-55H,4-51H2,1-3H3,(H,65,77)(H,66,70)(H,67,69)(H,68,78)(H,71,72)(H,73,74)(H,79,80)/t52-,53-,54+,55?/m1/s1. The van der Waals surface area contributed by atoms with Gasteiger partial charge in [0, 0.05) is 43.6 Å². The van der Waals surface area contributed by atoms with Crippen LogP contribution in [0.4, 0.5) is 0 Å². The zero-order chi connectivity index (χ0) is 61.4. The minimum atomic E-state index is -1.56. The largest absolute Gasteiger partial charge is 0.481 e. The molecule has 0 rings (SSSR count). The molecule has 83 heavy (non-hydrogen) atoms. The average Bonchev–Trinajstić information content (AvgIpc) is 3.46. The lowest BCUT2D eigenvalue weighted by Gasteiger charge is -2.24. The van der Waals surface area contributed by atoms with E-state index in [0.717, 1.165) is 64.2 Å². The van der Waals surface area contributed by atoms with E-state index in [1.807, 2.05) is 0 Å². The van der Waals surface area contributed by atoms with E-state index in [0.29, 0.717) is 19.3 Å². The molecule has 0 aliphatic heterocycles. The smallest absolute Gasteiger partial charge is 0.326 e. The number of carbonyl (C=O) groups excluding carboxylic acids is 6. The third-order valence-electron chi connectivity index (χ3n) is 14.9. The number of unbranched alkanes of at least 4 members (excludes halogenated alkanes) is 34. The van der Waals surface area contributed by atoms with Gasteiger partial charge in [-0.2, -0.15) is 11.8 Å². The molecule has 0 spiro atoms. The first-order valence-electron chi connectivity index (χ1n) is 32.9. The molecule has 0 aliphatic carbocycles. The van der Waals surface area contributed by atoms with Crippen molar-refractivity contribution in [2.75, 3.05) is 24.7 Å². The Morgan fingerprint density at radius 1 is 0.373 bits per heavy atom. The first kappa shape index (κ1) is 78.6. The Morgan fingerprint density at radius 3 is 1.13 bits per heavy atom. The van der Waals surface area contributed by atoms with Crippen molar-refractivity contribution in [2.24, 2.45) is 0 Å². The van der Waals surface area contributed by atoms with Crippen LogP contribution in [-0.2, 0) is 52.6 Å². The van der Waals surface area contributed by atoms with Crippen LogP contribution in [0, 0.1) is 0 Å². The molecular weight excluding hydrogens is 1080 g/mol. The van der Waals surface area contributed by atoms with Crippen LogP contribution in [0.15, 0.2) is 0 Å². The molecule has 0 saturated heterocycles. The first-order chi connectivity index (χ1) is 40.1. The van der Waals surface area contributed by atoms with Crippen LogP contribution >= 0.6 is 11.8 Å². The maximum absolute atomic E-state index is 14.1. The number of hydrogen-bond acceptors (Lipinski definition) is 12. The van der Waals surface area contributed by atoms with Crippen molar-refractivity contribution in [3.05, 3.63) is 0 Å². The summed E-state index contributed by atoms with van der Waals surface area (Å²) in [5.74, 6) is -7.99. The Balaban J connectivity index is 5.93.